The highest BCUT2D eigenvalue weighted by Crippen LogP contribution is 2.47. The first-order valence-corrected chi connectivity index (χ1v) is 9.09. The lowest BCUT2D eigenvalue weighted by Gasteiger charge is -2.41. The highest BCUT2D eigenvalue weighted by molar-refractivity contribution is 9.10. The van der Waals surface area contributed by atoms with Crippen LogP contribution in [-0.4, -0.2) is 37.5 Å². The van der Waals surface area contributed by atoms with Crippen LogP contribution in [0.25, 0.3) is 0 Å². The van der Waals surface area contributed by atoms with Crippen molar-refractivity contribution in [1.29, 1.82) is 0 Å². The second-order valence-corrected chi connectivity index (χ2v) is 9.70. The molecule has 2 N–H and O–H groups in total. The monoisotopic (exact) mass is 390 g/mol. The Morgan fingerprint density at radius 2 is 2.14 bits per heavy atom. The lowest BCUT2D eigenvalue weighted by atomic mass is 9.88. The number of benzene rings is 1. The van der Waals surface area contributed by atoms with Crippen molar-refractivity contribution in [2.24, 2.45) is 10.7 Å². The smallest absolute Gasteiger partial charge is 0.170 e. The molecule has 0 bridgehead atoms. The Morgan fingerprint density at radius 1 is 1.45 bits per heavy atom. The molecule has 1 aromatic carbocycles. The molecule has 1 saturated heterocycles. The molecule has 0 aliphatic carbocycles. The molecule has 2 aliphatic heterocycles. The van der Waals surface area contributed by atoms with Gasteiger partial charge in [0.25, 0.3) is 0 Å². The second kappa shape index (κ2) is 4.75. The number of rotatable bonds is 1. The number of halogens is 2. The largest absolute Gasteiger partial charge is 0.386 e. The summed E-state index contributed by atoms with van der Waals surface area (Å²) in [5.41, 5.74) is 4.80. The van der Waals surface area contributed by atoms with E-state index in [9.17, 15) is 12.8 Å². The van der Waals surface area contributed by atoms with Crippen LogP contribution >= 0.6 is 15.9 Å². The zero-order valence-electron chi connectivity index (χ0n) is 12.1. The molecule has 3 rings (SSSR count). The van der Waals surface area contributed by atoms with Crippen LogP contribution < -0.4 is 5.73 Å². The molecular weight excluding hydrogens is 375 g/mol. The topological polar surface area (TPSA) is 81.8 Å². The zero-order chi connectivity index (χ0) is 16.3. The molecule has 0 spiro atoms. The Balaban J connectivity index is 2.33. The van der Waals surface area contributed by atoms with Gasteiger partial charge < -0.3 is 10.5 Å². The quantitative estimate of drug-likeness (QED) is 0.791. The van der Waals surface area contributed by atoms with Gasteiger partial charge in [0.15, 0.2) is 9.84 Å². The molecule has 5 nitrogen and oxygen atoms in total. The summed E-state index contributed by atoms with van der Waals surface area (Å²) < 4.78 is 45.0. The van der Waals surface area contributed by atoms with E-state index in [0.29, 0.717) is 4.47 Å². The molecule has 120 valence electrons. The molecule has 1 aromatic rings. The van der Waals surface area contributed by atoms with Crippen LogP contribution in [-0.2, 0) is 20.1 Å². The molecule has 2 atom stereocenters. The maximum atomic E-state index is 14.4. The third-order valence-corrected chi connectivity index (χ3v) is 7.94. The number of nitrogens with two attached hydrogens (primary N) is 1. The van der Waals surface area contributed by atoms with Crippen molar-refractivity contribution in [2.45, 2.75) is 29.4 Å². The number of nitrogens with zero attached hydrogens (tertiary/aromatic N) is 1. The SMILES string of the molecule is CC1(C)C(N)=N[C@@]2(c3cc(Br)ccc3F)COC[C@@H]2S1(=O)=O. The molecule has 0 aromatic heterocycles. The van der Waals surface area contributed by atoms with Crippen molar-refractivity contribution in [3.8, 4) is 0 Å². The number of amidine groups is 1. The van der Waals surface area contributed by atoms with Gasteiger partial charge in [0.1, 0.15) is 27.2 Å². The molecule has 8 heteroatoms. The van der Waals surface area contributed by atoms with E-state index in [1.807, 2.05) is 0 Å². The van der Waals surface area contributed by atoms with Gasteiger partial charge in [0.2, 0.25) is 0 Å². The van der Waals surface area contributed by atoms with Crippen molar-refractivity contribution in [3.63, 3.8) is 0 Å². The summed E-state index contributed by atoms with van der Waals surface area (Å²) in [6.45, 7) is 3.00. The Kier molecular flexibility index (Phi) is 3.43. The van der Waals surface area contributed by atoms with Gasteiger partial charge in [-0.3, -0.25) is 4.99 Å². The highest BCUT2D eigenvalue weighted by Gasteiger charge is 2.61. The average molecular weight is 391 g/mol. The van der Waals surface area contributed by atoms with Crippen molar-refractivity contribution >= 4 is 31.6 Å². The first-order chi connectivity index (χ1) is 10.1. The van der Waals surface area contributed by atoms with Gasteiger partial charge >= 0.3 is 0 Å². The van der Waals surface area contributed by atoms with E-state index in [4.69, 9.17) is 10.5 Å². The maximum absolute atomic E-state index is 14.4. The Hall–Kier alpha value is -0.990. The highest BCUT2D eigenvalue weighted by atomic mass is 79.9. The molecule has 0 amide bonds. The minimum absolute atomic E-state index is 0.0128. The molecule has 22 heavy (non-hydrogen) atoms. The third-order valence-electron chi connectivity index (χ3n) is 4.54. The van der Waals surface area contributed by atoms with E-state index in [0.717, 1.165) is 0 Å². The Bertz CT molecular complexity index is 778. The molecule has 2 heterocycles. The lowest BCUT2D eigenvalue weighted by molar-refractivity contribution is 0.178. The van der Waals surface area contributed by atoms with Gasteiger partial charge in [0.05, 0.1) is 13.2 Å². The number of fused-ring (bicyclic) bond motifs is 1. The predicted molar refractivity (Wildman–Crippen MR) is 85.0 cm³/mol. The molecule has 0 radical (unpaired) electrons. The van der Waals surface area contributed by atoms with Gasteiger partial charge in [-0.1, -0.05) is 15.9 Å². The van der Waals surface area contributed by atoms with E-state index in [1.54, 1.807) is 12.1 Å². The lowest BCUT2D eigenvalue weighted by Crippen LogP contribution is -2.60. The first kappa shape index (κ1) is 15.9. The summed E-state index contributed by atoms with van der Waals surface area (Å²) in [4.78, 5) is 4.43. The number of ether oxygens (including phenoxy) is 1. The van der Waals surface area contributed by atoms with Crippen molar-refractivity contribution < 1.29 is 17.5 Å². The van der Waals surface area contributed by atoms with Gasteiger partial charge in [0, 0.05) is 10.0 Å². The fourth-order valence-corrected chi connectivity index (χ4v) is 5.44. The third kappa shape index (κ3) is 1.90. The summed E-state index contributed by atoms with van der Waals surface area (Å²) in [5.74, 6) is -0.543. The fourth-order valence-electron chi connectivity index (χ4n) is 2.99. The van der Waals surface area contributed by atoms with E-state index in [1.165, 1.54) is 19.9 Å². The summed E-state index contributed by atoms with van der Waals surface area (Å²) in [6.07, 6.45) is 0. The zero-order valence-corrected chi connectivity index (χ0v) is 14.5. The Labute approximate surface area is 136 Å². The fraction of sp³-hybridized carbons (Fsp3) is 0.500. The first-order valence-electron chi connectivity index (χ1n) is 6.75. The minimum atomic E-state index is -3.69. The van der Waals surface area contributed by atoms with E-state index < -0.39 is 31.2 Å². The number of hydrogen-bond acceptors (Lipinski definition) is 5. The number of hydrogen-bond donors (Lipinski definition) is 1. The second-order valence-electron chi connectivity index (χ2n) is 6.10. The minimum Gasteiger partial charge on any atom is -0.386 e. The summed E-state index contributed by atoms with van der Waals surface area (Å²) in [7, 11) is -3.69. The summed E-state index contributed by atoms with van der Waals surface area (Å²) in [6, 6.07) is 4.37. The summed E-state index contributed by atoms with van der Waals surface area (Å²) in [5, 5.41) is -0.953. The van der Waals surface area contributed by atoms with E-state index >= 15 is 0 Å². The molecule has 2 aliphatic rings. The van der Waals surface area contributed by atoms with Crippen LogP contribution in [0.2, 0.25) is 0 Å². The normalized spacial score (nSPS) is 32.4. The van der Waals surface area contributed by atoms with Gasteiger partial charge in [-0.2, -0.15) is 0 Å². The van der Waals surface area contributed by atoms with Gasteiger partial charge in [-0.15, -0.1) is 0 Å². The predicted octanol–water partition coefficient (Wildman–Crippen LogP) is 1.75. The van der Waals surface area contributed by atoms with Crippen LogP contribution in [0, 0.1) is 5.82 Å². The maximum Gasteiger partial charge on any atom is 0.170 e. The number of aliphatic imine (C=N–C) groups is 1. The molecule has 0 unspecified atom stereocenters. The van der Waals surface area contributed by atoms with Crippen molar-refractivity contribution in [2.75, 3.05) is 13.2 Å². The molecule has 1 fully saturated rings. The standard InChI is InChI=1S/C14H16BrFN2O3S/c1-13(2)12(17)18-14(7-21-6-11(14)22(13,19)20)9-5-8(15)3-4-10(9)16/h3-5,11H,6-7H2,1-2H3,(H2,17,18)/t11-,14+/m0/s1. The van der Waals surface area contributed by atoms with Crippen LogP contribution in [0.15, 0.2) is 27.7 Å². The van der Waals surface area contributed by atoms with Crippen LogP contribution in [0.4, 0.5) is 4.39 Å². The van der Waals surface area contributed by atoms with E-state index in [-0.39, 0.29) is 24.6 Å². The van der Waals surface area contributed by atoms with Crippen LogP contribution in [0.5, 0.6) is 0 Å². The summed E-state index contributed by atoms with van der Waals surface area (Å²) >= 11 is 3.29. The number of sulfone groups is 1. The average Bonchev–Trinajstić information content (AvgIpc) is 2.85. The molecular formula is C14H16BrFN2O3S. The van der Waals surface area contributed by atoms with Gasteiger partial charge in [-0.25, -0.2) is 12.8 Å². The van der Waals surface area contributed by atoms with Gasteiger partial charge in [-0.05, 0) is 32.0 Å². The van der Waals surface area contributed by atoms with Crippen LogP contribution in [0.1, 0.15) is 19.4 Å². The van der Waals surface area contributed by atoms with Crippen molar-refractivity contribution in [3.05, 3.63) is 34.1 Å². The van der Waals surface area contributed by atoms with Crippen LogP contribution in [0.3, 0.4) is 0 Å². The molecule has 0 saturated carbocycles. The van der Waals surface area contributed by atoms with E-state index in [2.05, 4.69) is 20.9 Å². The van der Waals surface area contributed by atoms with Crippen molar-refractivity contribution in [1.82, 2.24) is 0 Å². The Morgan fingerprint density at radius 3 is 2.82 bits per heavy atom.